The lowest BCUT2D eigenvalue weighted by atomic mass is 10.1. The molecular weight excluding hydrogens is 286 g/mol. The molecule has 1 amide bonds. The maximum absolute atomic E-state index is 12.5. The van der Waals surface area contributed by atoms with Gasteiger partial charge in [0, 0.05) is 23.8 Å². The molecule has 0 spiro atoms. The molecule has 0 aliphatic carbocycles. The smallest absolute Gasteiger partial charge is 0.255 e. The Balaban J connectivity index is 2.64. The molecule has 0 aliphatic heterocycles. The minimum atomic E-state index is -0.0220. The highest BCUT2D eigenvalue weighted by atomic mass is 35.5. The molecule has 0 unspecified atom stereocenters. The lowest BCUT2D eigenvalue weighted by Crippen LogP contribution is -2.34. The summed E-state index contributed by atoms with van der Waals surface area (Å²) in [5, 5.41) is 0.550. The van der Waals surface area contributed by atoms with Crippen LogP contribution in [0.3, 0.4) is 0 Å². The van der Waals surface area contributed by atoms with Crippen LogP contribution in [0.15, 0.2) is 18.2 Å². The van der Waals surface area contributed by atoms with Gasteiger partial charge in [0.2, 0.25) is 0 Å². The van der Waals surface area contributed by atoms with Gasteiger partial charge in [-0.25, -0.2) is 0 Å². The van der Waals surface area contributed by atoms with Crippen LogP contribution in [-0.2, 0) is 0 Å². The molecule has 0 aliphatic rings. The third-order valence-electron chi connectivity index (χ3n) is 3.71. The Morgan fingerprint density at radius 1 is 1.14 bits per heavy atom. The first kappa shape index (κ1) is 17.8. The summed E-state index contributed by atoms with van der Waals surface area (Å²) in [6.07, 6.45) is 0.967. The van der Waals surface area contributed by atoms with Crippen molar-refractivity contribution < 1.29 is 4.79 Å². The van der Waals surface area contributed by atoms with Crippen molar-refractivity contribution in [3.05, 3.63) is 28.8 Å². The number of halogens is 1. The summed E-state index contributed by atoms with van der Waals surface area (Å²) in [4.78, 5) is 16.7. The number of nitrogens with two attached hydrogens (primary N) is 1. The van der Waals surface area contributed by atoms with E-state index in [1.54, 1.807) is 18.2 Å². The van der Waals surface area contributed by atoms with Crippen LogP contribution in [0.1, 0.15) is 37.6 Å². The summed E-state index contributed by atoms with van der Waals surface area (Å²) < 4.78 is 0. The van der Waals surface area contributed by atoms with Gasteiger partial charge in [-0.1, -0.05) is 25.4 Å². The summed E-state index contributed by atoms with van der Waals surface area (Å²) in [7, 11) is 0. The molecule has 21 heavy (non-hydrogen) atoms. The predicted molar refractivity (Wildman–Crippen MR) is 89.8 cm³/mol. The van der Waals surface area contributed by atoms with E-state index < -0.39 is 0 Å². The number of rotatable bonds is 8. The number of nitrogen functional groups attached to an aromatic ring is 1. The highest BCUT2D eigenvalue weighted by Gasteiger charge is 2.16. The Kier molecular flexibility index (Phi) is 7.54. The van der Waals surface area contributed by atoms with Crippen molar-refractivity contribution in [2.24, 2.45) is 0 Å². The van der Waals surface area contributed by atoms with E-state index in [0.717, 1.165) is 32.6 Å². The number of hydrogen-bond donors (Lipinski definition) is 1. The van der Waals surface area contributed by atoms with Crippen LogP contribution in [-0.4, -0.2) is 48.4 Å². The Morgan fingerprint density at radius 2 is 1.81 bits per heavy atom. The van der Waals surface area contributed by atoms with Gasteiger partial charge in [0.05, 0.1) is 5.56 Å². The van der Waals surface area contributed by atoms with Gasteiger partial charge in [-0.15, -0.1) is 0 Å². The van der Waals surface area contributed by atoms with Gasteiger partial charge in [0.1, 0.15) is 0 Å². The number of anilines is 1. The van der Waals surface area contributed by atoms with Gasteiger partial charge in [-0.2, -0.15) is 0 Å². The Hall–Kier alpha value is -1.26. The molecule has 1 aromatic carbocycles. The lowest BCUT2D eigenvalue weighted by Gasteiger charge is -2.24. The van der Waals surface area contributed by atoms with Crippen molar-refractivity contribution in [3.8, 4) is 0 Å². The van der Waals surface area contributed by atoms with Crippen LogP contribution >= 0.6 is 11.6 Å². The monoisotopic (exact) mass is 311 g/mol. The van der Waals surface area contributed by atoms with E-state index in [-0.39, 0.29) is 5.91 Å². The van der Waals surface area contributed by atoms with E-state index >= 15 is 0 Å². The highest BCUT2D eigenvalue weighted by molar-refractivity contribution is 6.31. The van der Waals surface area contributed by atoms with Crippen LogP contribution < -0.4 is 5.73 Å². The Morgan fingerprint density at radius 3 is 2.33 bits per heavy atom. The second-order valence-corrected chi connectivity index (χ2v) is 5.43. The van der Waals surface area contributed by atoms with Gasteiger partial charge in [-0.3, -0.25) is 4.79 Å². The second kappa shape index (κ2) is 8.90. The van der Waals surface area contributed by atoms with Gasteiger partial charge in [0.15, 0.2) is 0 Å². The maximum Gasteiger partial charge on any atom is 0.255 e. The van der Waals surface area contributed by atoms with Crippen molar-refractivity contribution in [2.45, 2.75) is 27.2 Å². The van der Waals surface area contributed by atoms with Crippen molar-refractivity contribution in [1.29, 1.82) is 0 Å². The minimum absolute atomic E-state index is 0.0220. The minimum Gasteiger partial charge on any atom is -0.398 e. The van der Waals surface area contributed by atoms with E-state index in [0.29, 0.717) is 22.8 Å². The van der Waals surface area contributed by atoms with Gasteiger partial charge < -0.3 is 15.5 Å². The summed E-state index contributed by atoms with van der Waals surface area (Å²) in [5.41, 5.74) is 6.87. The maximum atomic E-state index is 12.5. The largest absolute Gasteiger partial charge is 0.398 e. The number of carbonyl (C=O) groups excluding carboxylic acids is 1. The number of benzene rings is 1. The molecule has 0 saturated heterocycles. The van der Waals surface area contributed by atoms with Crippen molar-refractivity contribution in [3.63, 3.8) is 0 Å². The SMILES string of the molecule is CCN(CC)CCCN(CC)C(=O)c1ccc(Cl)cc1N. The average molecular weight is 312 g/mol. The Bertz CT molecular complexity index is 461. The molecule has 0 saturated carbocycles. The number of carbonyl (C=O) groups is 1. The van der Waals surface area contributed by atoms with E-state index in [1.807, 2.05) is 11.8 Å². The van der Waals surface area contributed by atoms with Gasteiger partial charge in [0.25, 0.3) is 5.91 Å². The van der Waals surface area contributed by atoms with Crippen LogP contribution in [0.4, 0.5) is 5.69 Å². The molecule has 0 aromatic heterocycles. The molecule has 2 N–H and O–H groups in total. The summed E-state index contributed by atoms with van der Waals surface area (Å²) in [6.45, 7) is 10.8. The predicted octanol–water partition coefficient (Wildman–Crippen LogP) is 3.12. The summed E-state index contributed by atoms with van der Waals surface area (Å²) >= 11 is 5.88. The molecule has 0 bridgehead atoms. The van der Waals surface area contributed by atoms with E-state index in [4.69, 9.17) is 17.3 Å². The van der Waals surface area contributed by atoms with E-state index in [9.17, 15) is 4.79 Å². The van der Waals surface area contributed by atoms with Gasteiger partial charge in [-0.05, 0) is 51.2 Å². The molecule has 1 rings (SSSR count). The Labute approximate surface area is 132 Å². The molecule has 0 atom stereocenters. The standard InChI is InChI=1S/C16H26ClN3O/c1-4-19(5-2)10-7-11-20(6-3)16(21)14-9-8-13(17)12-15(14)18/h8-9,12H,4-7,10-11,18H2,1-3H3. The van der Waals surface area contributed by atoms with E-state index in [2.05, 4.69) is 18.7 Å². The van der Waals surface area contributed by atoms with E-state index in [1.165, 1.54) is 0 Å². The molecular formula is C16H26ClN3O. The van der Waals surface area contributed by atoms with Gasteiger partial charge >= 0.3 is 0 Å². The highest BCUT2D eigenvalue weighted by Crippen LogP contribution is 2.19. The first-order chi connectivity index (χ1) is 10.0. The van der Waals surface area contributed by atoms with Crippen LogP contribution in [0.5, 0.6) is 0 Å². The number of nitrogens with zero attached hydrogens (tertiary/aromatic N) is 2. The number of hydrogen-bond acceptors (Lipinski definition) is 3. The quantitative estimate of drug-likeness (QED) is 0.750. The molecule has 5 heteroatoms. The molecule has 4 nitrogen and oxygen atoms in total. The van der Waals surface area contributed by atoms with Crippen LogP contribution in [0, 0.1) is 0 Å². The fourth-order valence-electron chi connectivity index (χ4n) is 2.33. The van der Waals surface area contributed by atoms with Crippen molar-refractivity contribution >= 4 is 23.2 Å². The first-order valence-electron chi connectivity index (χ1n) is 7.60. The zero-order chi connectivity index (χ0) is 15.8. The zero-order valence-electron chi connectivity index (χ0n) is 13.2. The molecule has 0 fully saturated rings. The molecule has 1 aromatic rings. The molecule has 0 radical (unpaired) electrons. The normalized spacial score (nSPS) is 10.9. The second-order valence-electron chi connectivity index (χ2n) is 5.00. The summed E-state index contributed by atoms with van der Waals surface area (Å²) in [6, 6.07) is 5.03. The third-order valence-corrected chi connectivity index (χ3v) is 3.94. The molecule has 0 heterocycles. The fourth-order valence-corrected chi connectivity index (χ4v) is 2.51. The lowest BCUT2D eigenvalue weighted by molar-refractivity contribution is 0.0758. The fraction of sp³-hybridized carbons (Fsp3) is 0.562. The summed E-state index contributed by atoms with van der Waals surface area (Å²) in [5.74, 6) is -0.0220. The van der Waals surface area contributed by atoms with Crippen molar-refractivity contribution in [1.82, 2.24) is 9.80 Å². The topological polar surface area (TPSA) is 49.6 Å². The zero-order valence-corrected chi connectivity index (χ0v) is 14.0. The van der Waals surface area contributed by atoms with Crippen LogP contribution in [0.2, 0.25) is 5.02 Å². The van der Waals surface area contributed by atoms with Crippen LogP contribution in [0.25, 0.3) is 0 Å². The number of amides is 1. The first-order valence-corrected chi connectivity index (χ1v) is 7.97. The molecule has 118 valence electrons. The third kappa shape index (κ3) is 5.21. The van der Waals surface area contributed by atoms with Crippen molar-refractivity contribution in [2.75, 3.05) is 38.5 Å². The average Bonchev–Trinajstić information content (AvgIpc) is 2.47.